The van der Waals surface area contributed by atoms with Crippen molar-refractivity contribution in [1.29, 1.82) is 0 Å². The number of likely N-dealkylation sites (N-methyl/N-ethyl adjacent to an activating group) is 2. The Labute approximate surface area is 270 Å². The summed E-state index contributed by atoms with van der Waals surface area (Å²) in [7, 11) is 4.68. The molecule has 9 heteroatoms. The number of hydrogen-bond donors (Lipinski definition) is 1. The summed E-state index contributed by atoms with van der Waals surface area (Å²) in [5, 5.41) is 9.80. The molecule has 0 heterocycles. The van der Waals surface area contributed by atoms with Crippen molar-refractivity contribution in [3.05, 3.63) is 95.6 Å². The lowest BCUT2D eigenvalue weighted by Crippen LogP contribution is -2.58. The fourth-order valence-electron chi connectivity index (χ4n) is 7.04. The molecule has 242 valence electrons. The topological polar surface area (TPSA) is 107 Å². The monoisotopic (exact) mass is 625 g/mol. The van der Waals surface area contributed by atoms with E-state index in [9.17, 15) is 24.3 Å². The number of nitrogens with zero attached hydrogens (tertiary/aromatic N) is 3. The summed E-state index contributed by atoms with van der Waals surface area (Å²) in [5.41, 5.74) is 5.38. The predicted molar refractivity (Wildman–Crippen MR) is 175 cm³/mol. The second kappa shape index (κ2) is 14.6. The van der Waals surface area contributed by atoms with E-state index in [2.05, 4.69) is 24.3 Å². The molecule has 9 nitrogen and oxygen atoms in total. The molecule has 5 rings (SSSR count). The first kappa shape index (κ1) is 32.7. The van der Waals surface area contributed by atoms with Crippen LogP contribution in [0.2, 0.25) is 0 Å². The van der Waals surface area contributed by atoms with Crippen molar-refractivity contribution < 1.29 is 29.0 Å². The Balaban J connectivity index is 1.41. The number of carboxylic acids is 1. The van der Waals surface area contributed by atoms with Crippen LogP contribution in [0, 0.1) is 5.92 Å². The van der Waals surface area contributed by atoms with E-state index in [0.717, 1.165) is 53.5 Å². The molecule has 1 fully saturated rings. The summed E-state index contributed by atoms with van der Waals surface area (Å²) in [4.78, 5) is 57.9. The first-order valence-electron chi connectivity index (χ1n) is 16.0. The number of aliphatic carboxylic acids is 1. The maximum Gasteiger partial charge on any atom is 0.410 e. The summed E-state index contributed by atoms with van der Waals surface area (Å²) in [6, 6.07) is 23.6. The van der Waals surface area contributed by atoms with Crippen molar-refractivity contribution in [2.45, 2.75) is 56.5 Å². The molecule has 1 saturated carbocycles. The number of rotatable bonds is 12. The van der Waals surface area contributed by atoms with E-state index < -0.39 is 42.4 Å². The van der Waals surface area contributed by atoms with Crippen LogP contribution >= 0.6 is 0 Å². The molecule has 1 N–H and O–H groups in total. The quantitative estimate of drug-likeness (QED) is 0.288. The third-order valence-electron chi connectivity index (χ3n) is 9.38. The van der Waals surface area contributed by atoms with Crippen LogP contribution in [0.1, 0.15) is 54.7 Å². The van der Waals surface area contributed by atoms with Crippen LogP contribution in [0.4, 0.5) is 4.79 Å². The molecule has 2 aliphatic carbocycles. The minimum atomic E-state index is -1.22. The third kappa shape index (κ3) is 7.09. The van der Waals surface area contributed by atoms with Gasteiger partial charge in [0.1, 0.15) is 18.7 Å². The Kier molecular flexibility index (Phi) is 10.4. The Morgan fingerprint density at radius 1 is 0.804 bits per heavy atom. The molecule has 3 aromatic rings. The van der Waals surface area contributed by atoms with E-state index in [4.69, 9.17) is 4.74 Å². The average Bonchev–Trinajstić information content (AvgIpc) is 3.70. The van der Waals surface area contributed by atoms with Gasteiger partial charge in [0, 0.05) is 33.6 Å². The molecule has 2 atom stereocenters. The van der Waals surface area contributed by atoms with Gasteiger partial charge in [-0.2, -0.15) is 0 Å². The average molecular weight is 626 g/mol. The molecule has 0 bridgehead atoms. The van der Waals surface area contributed by atoms with Crippen LogP contribution in [-0.4, -0.2) is 90.1 Å². The van der Waals surface area contributed by atoms with Gasteiger partial charge in [-0.25, -0.2) is 4.79 Å². The zero-order chi connectivity index (χ0) is 32.8. The molecule has 2 aliphatic rings. The minimum absolute atomic E-state index is 0.112. The second-order valence-electron chi connectivity index (χ2n) is 12.5. The van der Waals surface area contributed by atoms with Crippen molar-refractivity contribution in [2.75, 3.05) is 34.3 Å². The van der Waals surface area contributed by atoms with Gasteiger partial charge in [-0.3, -0.25) is 19.3 Å². The highest BCUT2D eigenvalue weighted by Crippen LogP contribution is 2.44. The van der Waals surface area contributed by atoms with Gasteiger partial charge in [0.15, 0.2) is 0 Å². The Morgan fingerprint density at radius 2 is 1.37 bits per heavy atom. The molecule has 3 aromatic carbocycles. The van der Waals surface area contributed by atoms with Gasteiger partial charge < -0.3 is 19.6 Å². The number of amides is 3. The van der Waals surface area contributed by atoms with E-state index in [1.807, 2.05) is 54.6 Å². The van der Waals surface area contributed by atoms with Crippen LogP contribution in [0.15, 0.2) is 78.9 Å². The van der Waals surface area contributed by atoms with Gasteiger partial charge in [0.05, 0.1) is 6.42 Å². The van der Waals surface area contributed by atoms with Crippen molar-refractivity contribution in [2.24, 2.45) is 5.92 Å². The van der Waals surface area contributed by atoms with Crippen molar-refractivity contribution in [3.8, 4) is 11.1 Å². The number of ether oxygens (including phenoxy) is 1. The van der Waals surface area contributed by atoms with Crippen molar-refractivity contribution in [3.63, 3.8) is 0 Å². The minimum Gasteiger partial charge on any atom is -0.481 e. The first-order valence-corrected chi connectivity index (χ1v) is 16.0. The summed E-state index contributed by atoms with van der Waals surface area (Å²) in [5.74, 6) is -2.36. The highest BCUT2D eigenvalue weighted by molar-refractivity contribution is 5.93. The summed E-state index contributed by atoms with van der Waals surface area (Å²) >= 11 is 0. The van der Waals surface area contributed by atoms with Crippen LogP contribution < -0.4 is 0 Å². The lowest BCUT2D eigenvalue weighted by molar-refractivity contribution is -0.152. The van der Waals surface area contributed by atoms with Crippen LogP contribution in [0.5, 0.6) is 0 Å². The van der Waals surface area contributed by atoms with Gasteiger partial charge >= 0.3 is 12.1 Å². The van der Waals surface area contributed by atoms with E-state index >= 15 is 0 Å². The second-order valence-corrected chi connectivity index (χ2v) is 12.5. The molecule has 0 aromatic heterocycles. The summed E-state index contributed by atoms with van der Waals surface area (Å²) in [6.45, 7) is 0.239. The maximum absolute atomic E-state index is 14.6. The molecule has 0 spiro atoms. The molecule has 2 unspecified atom stereocenters. The van der Waals surface area contributed by atoms with E-state index in [-0.39, 0.29) is 25.0 Å². The Hall–Kier alpha value is -4.66. The highest BCUT2D eigenvalue weighted by atomic mass is 16.6. The zero-order valence-electron chi connectivity index (χ0n) is 26.8. The largest absolute Gasteiger partial charge is 0.481 e. The number of hydrogen-bond acceptors (Lipinski definition) is 5. The van der Waals surface area contributed by atoms with Crippen molar-refractivity contribution in [1.82, 2.24) is 14.7 Å². The SMILES string of the molecule is CN(C)C(=O)C(CC(=O)O)N(CCc1ccccc1)C(=O)C(C1CCCC1)N(C)C(=O)OCC1c2ccccc2-c2ccccc21. The van der Waals surface area contributed by atoms with E-state index in [1.54, 1.807) is 21.1 Å². The van der Waals surface area contributed by atoms with Crippen LogP contribution in [0.3, 0.4) is 0 Å². The fourth-order valence-corrected chi connectivity index (χ4v) is 7.04. The number of carbonyl (C=O) groups is 4. The molecule has 0 saturated heterocycles. The smallest absolute Gasteiger partial charge is 0.410 e. The Morgan fingerprint density at radius 3 is 1.93 bits per heavy atom. The Bertz CT molecular complexity index is 1510. The molecule has 46 heavy (non-hydrogen) atoms. The number of carbonyl (C=O) groups excluding carboxylic acids is 3. The zero-order valence-corrected chi connectivity index (χ0v) is 26.8. The van der Waals surface area contributed by atoms with Gasteiger partial charge in [-0.15, -0.1) is 0 Å². The number of carboxylic acid groups (broad SMARTS) is 1. The van der Waals surface area contributed by atoms with E-state index in [0.29, 0.717) is 6.42 Å². The van der Waals surface area contributed by atoms with Crippen LogP contribution in [0.25, 0.3) is 11.1 Å². The summed E-state index contributed by atoms with van der Waals surface area (Å²) in [6.07, 6.45) is 2.60. The molecule has 0 radical (unpaired) electrons. The molecule has 0 aliphatic heterocycles. The molecular weight excluding hydrogens is 582 g/mol. The standard InChI is InChI=1S/C37H43N3O6/c1-38(2)35(43)32(23-33(41)42)40(22-21-25-13-5-4-6-14-25)36(44)34(26-15-7-8-16-26)39(3)37(45)46-24-31-29-19-11-9-17-27(29)28-18-10-12-20-30(28)31/h4-6,9-14,17-20,26,31-32,34H,7-8,15-16,21-24H2,1-3H3,(H,41,42). The van der Waals surface area contributed by atoms with Gasteiger partial charge in [-0.1, -0.05) is 91.7 Å². The van der Waals surface area contributed by atoms with Crippen LogP contribution in [-0.2, 0) is 25.5 Å². The predicted octanol–water partition coefficient (Wildman–Crippen LogP) is 5.43. The first-order chi connectivity index (χ1) is 22.2. The molecule has 3 amide bonds. The third-order valence-corrected chi connectivity index (χ3v) is 9.38. The van der Waals surface area contributed by atoms with Gasteiger partial charge in [-0.05, 0) is 53.0 Å². The number of fused-ring (bicyclic) bond motifs is 3. The lowest BCUT2D eigenvalue weighted by Gasteiger charge is -2.39. The number of benzene rings is 3. The highest BCUT2D eigenvalue weighted by Gasteiger charge is 2.43. The van der Waals surface area contributed by atoms with Gasteiger partial charge in [0.25, 0.3) is 0 Å². The molecular formula is C37H43N3O6. The van der Waals surface area contributed by atoms with Gasteiger partial charge in [0.2, 0.25) is 11.8 Å². The lowest BCUT2D eigenvalue weighted by atomic mass is 9.94. The summed E-state index contributed by atoms with van der Waals surface area (Å²) < 4.78 is 5.96. The van der Waals surface area contributed by atoms with Crippen molar-refractivity contribution >= 4 is 23.9 Å². The fraction of sp³-hybridized carbons (Fsp3) is 0.405. The maximum atomic E-state index is 14.6. The van der Waals surface area contributed by atoms with E-state index in [1.165, 1.54) is 14.7 Å². The normalized spacial score (nSPS) is 15.4.